The van der Waals surface area contributed by atoms with E-state index in [1.807, 2.05) is 0 Å². The van der Waals surface area contributed by atoms with Gasteiger partial charge in [-0.05, 0) is 42.0 Å². The van der Waals surface area contributed by atoms with Gasteiger partial charge in [-0.2, -0.15) is 0 Å². The normalized spacial score (nSPS) is 12.5. The minimum Gasteiger partial charge on any atom is -0.489 e. The van der Waals surface area contributed by atoms with Crippen LogP contribution in [0, 0.1) is 5.82 Å². The first-order valence-electron chi connectivity index (χ1n) is 6.01. The number of ether oxygens (including phenoxy) is 1. The molecule has 0 amide bonds. The van der Waals surface area contributed by atoms with Crippen LogP contribution < -0.4 is 4.74 Å². The van der Waals surface area contributed by atoms with Crippen molar-refractivity contribution in [3.05, 3.63) is 65.5 Å². The summed E-state index contributed by atoms with van der Waals surface area (Å²) in [7, 11) is 0. The van der Waals surface area contributed by atoms with Crippen LogP contribution in [0.5, 0.6) is 5.75 Å². The molecule has 2 nitrogen and oxygen atoms in total. The molecule has 0 heterocycles. The topological polar surface area (TPSA) is 26.3 Å². The van der Waals surface area contributed by atoms with Gasteiger partial charge in [0.05, 0.1) is 2.74 Å². The standard InChI is InChI=1S/C14H11FO2/c15-13-3-1-2-12(8-13)10-17-14-6-4-11(9-16)5-7-14/h1-9H,10H2/i10D2. The van der Waals surface area contributed by atoms with E-state index in [2.05, 4.69) is 0 Å². The van der Waals surface area contributed by atoms with Gasteiger partial charge < -0.3 is 4.74 Å². The Morgan fingerprint density at radius 3 is 2.65 bits per heavy atom. The largest absolute Gasteiger partial charge is 0.489 e. The molecule has 0 spiro atoms. The second kappa shape index (κ2) is 5.25. The highest BCUT2D eigenvalue weighted by atomic mass is 19.1. The van der Waals surface area contributed by atoms with Crippen LogP contribution in [0.1, 0.15) is 18.7 Å². The zero-order valence-corrected chi connectivity index (χ0v) is 8.89. The molecule has 0 saturated carbocycles. The first-order chi connectivity index (χ1) is 9.01. The van der Waals surface area contributed by atoms with E-state index in [0.29, 0.717) is 11.8 Å². The number of rotatable bonds is 4. The number of hydrogen-bond donors (Lipinski definition) is 0. The van der Waals surface area contributed by atoms with Crippen LogP contribution in [-0.2, 0) is 6.56 Å². The van der Waals surface area contributed by atoms with Gasteiger partial charge in [0.25, 0.3) is 0 Å². The van der Waals surface area contributed by atoms with Crippen molar-refractivity contribution in [3.63, 3.8) is 0 Å². The van der Waals surface area contributed by atoms with E-state index in [-0.39, 0.29) is 11.3 Å². The van der Waals surface area contributed by atoms with E-state index < -0.39 is 12.4 Å². The summed E-state index contributed by atoms with van der Waals surface area (Å²) in [6.45, 7) is -2.15. The van der Waals surface area contributed by atoms with Gasteiger partial charge in [0, 0.05) is 5.56 Å². The Bertz CT molecular complexity index is 582. The van der Waals surface area contributed by atoms with E-state index in [1.165, 1.54) is 42.5 Å². The first-order valence-corrected chi connectivity index (χ1v) is 5.01. The Morgan fingerprint density at radius 1 is 1.24 bits per heavy atom. The summed E-state index contributed by atoms with van der Waals surface area (Å²) in [5.41, 5.74) is 0.561. The molecule has 0 atom stereocenters. The lowest BCUT2D eigenvalue weighted by molar-refractivity contribution is 0.112. The number of halogens is 1. The lowest BCUT2D eigenvalue weighted by Gasteiger charge is -2.06. The zero-order chi connectivity index (χ0) is 13.9. The summed E-state index contributed by atoms with van der Waals surface area (Å²) in [6, 6.07) is 11.2. The van der Waals surface area contributed by atoms with Crippen molar-refractivity contribution < 1.29 is 16.7 Å². The van der Waals surface area contributed by atoms with E-state index in [0.717, 1.165) is 6.07 Å². The molecule has 0 radical (unpaired) electrons. The third kappa shape index (κ3) is 3.14. The van der Waals surface area contributed by atoms with E-state index in [9.17, 15) is 9.18 Å². The van der Waals surface area contributed by atoms with Gasteiger partial charge >= 0.3 is 0 Å². The second-order valence-electron chi connectivity index (χ2n) is 3.40. The average molecular weight is 232 g/mol. The van der Waals surface area contributed by atoms with Crippen LogP contribution in [-0.4, -0.2) is 6.29 Å². The number of aldehydes is 1. The Balaban J connectivity index is 2.22. The molecule has 86 valence electrons. The maximum Gasteiger partial charge on any atom is 0.150 e. The third-order valence-electron chi connectivity index (χ3n) is 2.13. The van der Waals surface area contributed by atoms with Crippen LogP contribution in [0.2, 0.25) is 0 Å². The summed E-state index contributed by atoms with van der Waals surface area (Å²) in [4.78, 5) is 10.5. The highest BCUT2D eigenvalue weighted by Crippen LogP contribution is 2.13. The fourth-order valence-corrected chi connectivity index (χ4v) is 1.28. The van der Waals surface area contributed by atoms with Crippen LogP contribution >= 0.6 is 0 Å². The van der Waals surface area contributed by atoms with Gasteiger partial charge in [-0.25, -0.2) is 4.39 Å². The Labute approximate surface area is 101 Å². The highest BCUT2D eigenvalue weighted by Gasteiger charge is 1.98. The van der Waals surface area contributed by atoms with Crippen molar-refractivity contribution in [1.29, 1.82) is 0 Å². The lowest BCUT2D eigenvalue weighted by atomic mass is 10.2. The van der Waals surface area contributed by atoms with Gasteiger partial charge in [-0.15, -0.1) is 0 Å². The van der Waals surface area contributed by atoms with Gasteiger partial charge in [0.1, 0.15) is 24.4 Å². The van der Waals surface area contributed by atoms with Crippen molar-refractivity contribution in [2.45, 2.75) is 6.56 Å². The fraction of sp³-hybridized carbons (Fsp3) is 0.0714. The molecular weight excluding hydrogens is 219 g/mol. The summed E-state index contributed by atoms with van der Waals surface area (Å²) in [5, 5.41) is 0. The summed E-state index contributed by atoms with van der Waals surface area (Å²) >= 11 is 0. The molecule has 17 heavy (non-hydrogen) atoms. The molecule has 2 rings (SSSR count). The number of benzene rings is 2. The number of carbonyl (C=O) groups is 1. The van der Waals surface area contributed by atoms with Crippen molar-refractivity contribution >= 4 is 6.29 Å². The maximum atomic E-state index is 13.1. The van der Waals surface area contributed by atoms with Crippen LogP contribution in [0.15, 0.2) is 48.5 Å². The number of hydrogen-bond acceptors (Lipinski definition) is 2. The molecule has 3 heteroatoms. The van der Waals surface area contributed by atoms with Gasteiger partial charge in [-0.3, -0.25) is 4.79 Å². The predicted octanol–water partition coefficient (Wildman–Crippen LogP) is 3.22. The highest BCUT2D eigenvalue weighted by molar-refractivity contribution is 5.74. The van der Waals surface area contributed by atoms with Gasteiger partial charge in [0.15, 0.2) is 0 Å². The van der Waals surface area contributed by atoms with E-state index >= 15 is 0 Å². The minimum absolute atomic E-state index is 0.0898. The Kier molecular flexibility index (Phi) is 2.76. The average Bonchev–Trinajstić information content (AvgIpc) is 2.39. The monoisotopic (exact) mass is 232 g/mol. The fourth-order valence-electron chi connectivity index (χ4n) is 1.28. The quantitative estimate of drug-likeness (QED) is 0.756. The smallest absolute Gasteiger partial charge is 0.150 e. The summed E-state index contributed by atoms with van der Waals surface area (Å²) < 4.78 is 33.9. The first kappa shape index (κ1) is 8.93. The van der Waals surface area contributed by atoms with Crippen LogP contribution in [0.3, 0.4) is 0 Å². The molecule has 0 aliphatic heterocycles. The lowest BCUT2D eigenvalue weighted by Crippen LogP contribution is -1.95. The molecule has 0 saturated heterocycles. The van der Waals surface area contributed by atoms with Crippen molar-refractivity contribution in [1.82, 2.24) is 0 Å². The Hall–Kier alpha value is -2.16. The van der Waals surface area contributed by atoms with Gasteiger partial charge in [-0.1, -0.05) is 12.1 Å². The summed E-state index contributed by atoms with van der Waals surface area (Å²) in [5.74, 6) is -0.263. The van der Waals surface area contributed by atoms with Gasteiger partial charge in [0.2, 0.25) is 0 Å². The molecule has 2 aromatic carbocycles. The molecule has 0 aliphatic carbocycles. The molecule has 0 unspecified atom stereocenters. The van der Waals surface area contributed by atoms with E-state index in [1.54, 1.807) is 0 Å². The molecule has 0 aliphatic rings. The molecule has 0 N–H and O–H groups in total. The van der Waals surface area contributed by atoms with Crippen molar-refractivity contribution in [2.24, 2.45) is 0 Å². The molecule has 0 bridgehead atoms. The van der Waals surface area contributed by atoms with Crippen LogP contribution in [0.25, 0.3) is 0 Å². The van der Waals surface area contributed by atoms with Crippen molar-refractivity contribution in [2.75, 3.05) is 0 Å². The second-order valence-corrected chi connectivity index (χ2v) is 3.40. The molecule has 2 aromatic rings. The molecule has 0 fully saturated rings. The predicted molar refractivity (Wildman–Crippen MR) is 62.6 cm³/mol. The number of carbonyl (C=O) groups excluding carboxylic acids is 1. The third-order valence-corrected chi connectivity index (χ3v) is 2.13. The van der Waals surface area contributed by atoms with Crippen LogP contribution in [0.4, 0.5) is 4.39 Å². The SMILES string of the molecule is [2H]C([2H])(Oc1ccc(C=O)cc1)c1cccc(F)c1. The Morgan fingerprint density at radius 2 is 2.00 bits per heavy atom. The van der Waals surface area contributed by atoms with E-state index in [4.69, 9.17) is 7.48 Å². The zero-order valence-electron chi connectivity index (χ0n) is 10.9. The summed E-state index contributed by atoms with van der Waals surface area (Å²) in [6.07, 6.45) is 0.686. The molecule has 0 aromatic heterocycles. The minimum atomic E-state index is -2.15. The van der Waals surface area contributed by atoms with Crippen molar-refractivity contribution in [3.8, 4) is 5.75 Å². The molecular formula is C14H11FO2. The maximum absolute atomic E-state index is 13.1.